The molecule has 2 N–H and O–H groups in total. The van der Waals surface area contributed by atoms with E-state index in [1.807, 2.05) is 6.92 Å². The molecule has 15 heavy (non-hydrogen) atoms. The van der Waals surface area contributed by atoms with Crippen LogP contribution in [-0.2, 0) is 9.53 Å². The van der Waals surface area contributed by atoms with Crippen molar-refractivity contribution >= 4 is 5.97 Å². The van der Waals surface area contributed by atoms with Gasteiger partial charge in [-0.15, -0.1) is 0 Å². The first-order valence-electron chi connectivity index (χ1n) is 6.06. The summed E-state index contributed by atoms with van der Waals surface area (Å²) in [5.74, 6) is 0.746. The summed E-state index contributed by atoms with van der Waals surface area (Å²) in [6, 6.07) is -0.00840. The highest BCUT2D eigenvalue weighted by Crippen LogP contribution is 2.38. The third kappa shape index (κ3) is 2.33. The van der Waals surface area contributed by atoms with Crippen LogP contribution in [0.5, 0.6) is 0 Å². The van der Waals surface area contributed by atoms with E-state index >= 15 is 0 Å². The Bertz CT molecular complexity index is 250. The summed E-state index contributed by atoms with van der Waals surface area (Å²) in [6.07, 6.45) is 6.56. The second-order valence-electron chi connectivity index (χ2n) is 5.28. The van der Waals surface area contributed by atoms with Gasteiger partial charge in [0.15, 0.2) is 0 Å². The van der Waals surface area contributed by atoms with Crippen molar-refractivity contribution in [3.63, 3.8) is 0 Å². The summed E-state index contributed by atoms with van der Waals surface area (Å²) in [7, 11) is 0. The van der Waals surface area contributed by atoms with Crippen molar-refractivity contribution < 1.29 is 9.53 Å². The molecule has 0 amide bonds. The van der Waals surface area contributed by atoms with Crippen LogP contribution in [0.2, 0.25) is 0 Å². The third-order valence-corrected chi connectivity index (χ3v) is 3.95. The molecule has 86 valence electrons. The first kappa shape index (κ1) is 10.9. The van der Waals surface area contributed by atoms with Crippen LogP contribution in [0.3, 0.4) is 0 Å². The van der Waals surface area contributed by atoms with Gasteiger partial charge in [0.2, 0.25) is 0 Å². The second-order valence-corrected chi connectivity index (χ2v) is 5.28. The molecular weight excluding hydrogens is 190 g/mol. The van der Waals surface area contributed by atoms with Gasteiger partial charge in [-0.25, -0.2) is 0 Å². The fraction of sp³-hybridized carbons (Fsp3) is 0.917. The zero-order valence-electron chi connectivity index (χ0n) is 9.50. The van der Waals surface area contributed by atoms with Crippen LogP contribution in [0.25, 0.3) is 0 Å². The summed E-state index contributed by atoms with van der Waals surface area (Å²) in [4.78, 5) is 11.9. The number of esters is 1. The van der Waals surface area contributed by atoms with Gasteiger partial charge in [0.1, 0.15) is 0 Å². The van der Waals surface area contributed by atoms with Crippen molar-refractivity contribution in [1.29, 1.82) is 0 Å². The lowest BCUT2D eigenvalue weighted by Gasteiger charge is -2.26. The zero-order chi connectivity index (χ0) is 10.9. The Balaban J connectivity index is 1.77. The van der Waals surface area contributed by atoms with Crippen molar-refractivity contribution in [2.45, 2.75) is 51.5 Å². The minimum absolute atomic E-state index is 0.00840. The van der Waals surface area contributed by atoms with Gasteiger partial charge in [-0.2, -0.15) is 0 Å². The quantitative estimate of drug-likeness (QED) is 0.722. The number of carbonyl (C=O) groups excluding carboxylic acids is 1. The molecule has 0 aliphatic heterocycles. The van der Waals surface area contributed by atoms with E-state index in [4.69, 9.17) is 10.5 Å². The molecule has 0 radical (unpaired) electrons. The molecule has 0 saturated heterocycles. The van der Waals surface area contributed by atoms with Crippen LogP contribution >= 0.6 is 0 Å². The molecule has 2 fully saturated rings. The Hall–Kier alpha value is -0.570. The van der Waals surface area contributed by atoms with Crippen molar-refractivity contribution in [1.82, 2.24) is 0 Å². The number of hydrogen-bond donors (Lipinski definition) is 1. The molecule has 0 heterocycles. The standard InChI is InChI=1S/C12H21NO2/c1-12(7-2-3-10(12)13)11(14)15-8-6-9-4-5-9/h9-10H,2-8,13H2,1H3. The van der Waals surface area contributed by atoms with E-state index in [2.05, 4.69) is 0 Å². The minimum Gasteiger partial charge on any atom is -0.465 e. The number of nitrogens with two attached hydrogens (primary N) is 1. The Labute approximate surface area is 91.4 Å². The number of ether oxygens (including phenoxy) is 1. The first-order valence-corrected chi connectivity index (χ1v) is 6.06. The number of hydrogen-bond acceptors (Lipinski definition) is 3. The normalized spacial score (nSPS) is 35.5. The smallest absolute Gasteiger partial charge is 0.313 e. The molecule has 2 aliphatic rings. The van der Waals surface area contributed by atoms with E-state index in [1.165, 1.54) is 12.8 Å². The molecular formula is C12H21NO2. The maximum absolute atomic E-state index is 11.9. The van der Waals surface area contributed by atoms with Gasteiger partial charge in [0, 0.05) is 6.04 Å². The van der Waals surface area contributed by atoms with E-state index < -0.39 is 5.41 Å². The average Bonchev–Trinajstić information content (AvgIpc) is 2.95. The zero-order valence-corrected chi connectivity index (χ0v) is 9.50. The minimum atomic E-state index is -0.413. The predicted molar refractivity (Wildman–Crippen MR) is 58.2 cm³/mol. The monoisotopic (exact) mass is 211 g/mol. The van der Waals surface area contributed by atoms with E-state index in [0.717, 1.165) is 31.6 Å². The van der Waals surface area contributed by atoms with Gasteiger partial charge in [-0.1, -0.05) is 19.3 Å². The van der Waals surface area contributed by atoms with Gasteiger partial charge in [-0.3, -0.25) is 4.79 Å². The maximum Gasteiger partial charge on any atom is 0.313 e. The van der Waals surface area contributed by atoms with Crippen molar-refractivity contribution in [2.24, 2.45) is 17.1 Å². The molecule has 0 aromatic rings. The fourth-order valence-corrected chi connectivity index (χ4v) is 2.34. The summed E-state index contributed by atoms with van der Waals surface area (Å²) >= 11 is 0. The maximum atomic E-state index is 11.9. The largest absolute Gasteiger partial charge is 0.465 e. The van der Waals surface area contributed by atoms with E-state index in [-0.39, 0.29) is 12.0 Å². The average molecular weight is 211 g/mol. The molecule has 2 unspecified atom stereocenters. The highest BCUT2D eigenvalue weighted by molar-refractivity contribution is 5.77. The molecule has 2 aliphatic carbocycles. The van der Waals surface area contributed by atoms with Crippen molar-refractivity contribution in [3.05, 3.63) is 0 Å². The summed E-state index contributed by atoms with van der Waals surface area (Å²) < 4.78 is 5.33. The molecule has 0 spiro atoms. The summed E-state index contributed by atoms with van der Waals surface area (Å²) in [5, 5.41) is 0. The highest BCUT2D eigenvalue weighted by Gasteiger charge is 2.44. The van der Waals surface area contributed by atoms with E-state index in [1.54, 1.807) is 0 Å². The molecule has 2 saturated carbocycles. The van der Waals surface area contributed by atoms with Crippen LogP contribution in [0, 0.1) is 11.3 Å². The van der Waals surface area contributed by atoms with E-state index in [0.29, 0.717) is 6.61 Å². The van der Waals surface area contributed by atoms with E-state index in [9.17, 15) is 4.79 Å². The van der Waals surface area contributed by atoms with Crippen LogP contribution in [0.1, 0.15) is 45.4 Å². The number of rotatable bonds is 4. The molecule has 0 bridgehead atoms. The van der Waals surface area contributed by atoms with Crippen molar-refractivity contribution in [2.75, 3.05) is 6.61 Å². The SMILES string of the molecule is CC1(C(=O)OCCC2CC2)CCCC1N. The summed E-state index contributed by atoms with van der Waals surface area (Å²) in [6.45, 7) is 2.54. The second kappa shape index (κ2) is 4.12. The molecule has 3 nitrogen and oxygen atoms in total. The van der Waals surface area contributed by atoms with Crippen LogP contribution in [0.15, 0.2) is 0 Å². The Morgan fingerprint density at radius 3 is 2.73 bits per heavy atom. The van der Waals surface area contributed by atoms with Crippen LogP contribution < -0.4 is 5.73 Å². The fourth-order valence-electron chi connectivity index (χ4n) is 2.34. The molecule has 0 aromatic carbocycles. The number of carbonyl (C=O) groups is 1. The van der Waals surface area contributed by atoms with Crippen LogP contribution in [0.4, 0.5) is 0 Å². The highest BCUT2D eigenvalue weighted by atomic mass is 16.5. The van der Waals surface area contributed by atoms with Gasteiger partial charge < -0.3 is 10.5 Å². The van der Waals surface area contributed by atoms with Gasteiger partial charge >= 0.3 is 5.97 Å². The third-order valence-electron chi connectivity index (χ3n) is 3.95. The predicted octanol–water partition coefficient (Wildman–Crippen LogP) is 1.85. The summed E-state index contributed by atoms with van der Waals surface area (Å²) in [5.41, 5.74) is 5.54. The van der Waals surface area contributed by atoms with Gasteiger partial charge in [0.25, 0.3) is 0 Å². The molecule has 3 heteroatoms. The molecule has 2 rings (SSSR count). The Morgan fingerprint density at radius 1 is 1.47 bits per heavy atom. The lowest BCUT2D eigenvalue weighted by molar-refractivity contribution is -0.155. The van der Waals surface area contributed by atoms with Crippen LogP contribution in [-0.4, -0.2) is 18.6 Å². The van der Waals surface area contributed by atoms with Gasteiger partial charge in [0.05, 0.1) is 12.0 Å². The Morgan fingerprint density at radius 2 is 2.20 bits per heavy atom. The first-order chi connectivity index (χ1) is 7.13. The lowest BCUT2D eigenvalue weighted by atomic mass is 9.85. The molecule has 0 aromatic heterocycles. The lowest BCUT2D eigenvalue weighted by Crippen LogP contribution is -2.42. The molecule has 2 atom stereocenters. The Kier molecular flexibility index (Phi) is 3.01. The van der Waals surface area contributed by atoms with Gasteiger partial charge in [-0.05, 0) is 32.1 Å². The topological polar surface area (TPSA) is 52.3 Å². The van der Waals surface area contributed by atoms with Crippen molar-refractivity contribution in [3.8, 4) is 0 Å².